The molecule has 0 amide bonds. The van der Waals surface area contributed by atoms with Crippen LogP contribution in [0.2, 0.25) is 0 Å². The molecule has 0 saturated carbocycles. The molecule has 0 unspecified atom stereocenters. The molecule has 0 saturated heterocycles. The number of ether oxygens (including phenoxy) is 2. The van der Waals surface area contributed by atoms with E-state index in [1.807, 2.05) is 54.1 Å². The van der Waals surface area contributed by atoms with Crippen molar-refractivity contribution in [3.63, 3.8) is 0 Å². The third-order valence-corrected chi connectivity index (χ3v) is 4.08. The van der Waals surface area contributed by atoms with Crippen LogP contribution in [0.5, 0.6) is 5.75 Å². The molecule has 0 aliphatic carbocycles. The van der Waals surface area contributed by atoms with E-state index >= 15 is 0 Å². The van der Waals surface area contributed by atoms with E-state index in [2.05, 4.69) is 4.98 Å². The topological polar surface area (TPSA) is 53.4 Å². The number of methoxy groups -OCH3 is 1. The average molecular weight is 324 g/mol. The van der Waals surface area contributed by atoms with Crippen LogP contribution >= 0.6 is 0 Å². The Morgan fingerprint density at radius 3 is 2.75 bits per heavy atom. The molecule has 0 radical (unpaired) electrons. The van der Waals surface area contributed by atoms with Gasteiger partial charge in [-0.1, -0.05) is 24.3 Å². The Balaban J connectivity index is 1.66. The summed E-state index contributed by atoms with van der Waals surface area (Å²) >= 11 is 0. The molecule has 0 N–H and O–H groups in total. The molecule has 124 valence electrons. The first-order chi connectivity index (χ1) is 11.7. The maximum Gasteiger partial charge on any atom is 0.313 e. The van der Waals surface area contributed by atoms with Crippen LogP contribution in [0.4, 0.5) is 0 Å². The molecule has 1 aromatic heterocycles. The molecule has 2 aromatic carbocycles. The molecule has 1 atom stereocenters. The SMILES string of the molecule is COc1ccc2cc([C@H](C)C(=O)OCCn3ccnc3)ccc2c1. The molecule has 24 heavy (non-hydrogen) atoms. The first-order valence-electron chi connectivity index (χ1n) is 7.87. The van der Waals surface area contributed by atoms with E-state index in [9.17, 15) is 4.79 Å². The monoisotopic (exact) mass is 324 g/mol. The van der Waals surface area contributed by atoms with E-state index in [0.29, 0.717) is 13.2 Å². The van der Waals surface area contributed by atoms with E-state index in [1.54, 1.807) is 19.6 Å². The van der Waals surface area contributed by atoms with Crippen LogP contribution in [0.3, 0.4) is 0 Å². The lowest BCUT2D eigenvalue weighted by atomic mass is 9.98. The Labute approximate surface area is 140 Å². The van der Waals surface area contributed by atoms with Crippen molar-refractivity contribution < 1.29 is 14.3 Å². The number of hydrogen-bond donors (Lipinski definition) is 0. The van der Waals surface area contributed by atoms with Gasteiger partial charge in [0, 0.05) is 12.4 Å². The van der Waals surface area contributed by atoms with Crippen molar-refractivity contribution in [2.24, 2.45) is 0 Å². The summed E-state index contributed by atoms with van der Waals surface area (Å²) in [6.07, 6.45) is 5.25. The van der Waals surface area contributed by atoms with Crippen LogP contribution in [-0.4, -0.2) is 29.2 Å². The molecule has 5 nitrogen and oxygen atoms in total. The van der Waals surface area contributed by atoms with E-state index in [-0.39, 0.29) is 11.9 Å². The number of carbonyl (C=O) groups excluding carboxylic acids is 1. The fraction of sp³-hybridized carbons (Fsp3) is 0.263. The van der Waals surface area contributed by atoms with Gasteiger partial charge in [-0.15, -0.1) is 0 Å². The number of esters is 1. The number of nitrogens with zero attached hydrogens (tertiary/aromatic N) is 2. The smallest absolute Gasteiger partial charge is 0.313 e. The van der Waals surface area contributed by atoms with Gasteiger partial charge >= 0.3 is 5.97 Å². The zero-order chi connectivity index (χ0) is 16.9. The first kappa shape index (κ1) is 16.1. The van der Waals surface area contributed by atoms with Gasteiger partial charge in [0.05, 0.1) is 25.9 Å². The molecule has 5 heteroatoms. The van der Waals surface area contributed by atoms with Crippen LogP contribution in [-0.2, 0) is 16.1 Å². The highest BCUT2D eigenvalue weighted by atomic mass is 16.5. The molecule has 1 heterocycles. The van der Waals surface area contributed by atoms with Crippen LogP contribution in [0, 0.1) is 0 Å². The zero-order valence-corrected chi connectivity index (χ0v) is 13.8. The Morgan fingerprint density at radius 2 is 2.00 bits per heavy atom. The van der Waals surface area contributed by atoms with Crippen molar-refractivity contribution in [1.82, 2.24) is 9.55 Å². The zero-order valence-electron chi connectivity index (χ0n) is 13.8. The number of benzene rings is 2. The summed E-state index contributed by atoms with van der Waals surface area (Å²) in [5, 5.41) is 2.16. The van der Waals surface area contributed by atoms with Crippen molar-refractivity contribution in [3.05, 3.63) is 60.7 Å². The molecule has 0 spiro atoms. The molecule has 3 rings (SSSR count). The molecule has 0 aliphatic rings. The number of aromatic nitrogens is 2. The van der Waals surface area contributed by atoms with Gasteiger partial charge < -0.3 is 14.0 Å². The molecule has 0 bridgehead atoms. The van der Waals surface area contributed by atoms with Crippen molar-refractivity contribution >= 4 is 16.7 Å². The van der Waals surface area contributed by atoms with Crippen LogP contribution < -0.4 is 4.74 Å². The Bertz CT molecular complexity index is 828. The predicted octanol–water partition coefficient (Wildman–Crippen LogP) is 3.39. The minimum Gasteiger partial charge on any atom is -0.497 e. The van der Waals surface area contributed by atoms with Gasteiger partial charge in [0.25, 0.3) is 0 Å². The van der Waals surface area contributed by atoms with Crippen LogP contribution in [0.1, 0.15) is 18.4 Å². The Morgan fingerprint density at radius 1 is 1.21 bits per heavy atom. The third-order valence-electron chi connectivity index (χ3n) is 4.08. The predicted molar refractivity (Wildman–Crippen MR) is 92.1 cm³/mol. The van der Waals surface area contributed by atoms with Crippen LogP contribution in [0.15, 0.2) is 55.1 Å². The maximum atomic E-state index is 12.2. The summed E-state index contributed by atoms with van der Waals surface area (Å²) in [4.78, 5) is 16.2. The number of fused-ring (bicyclic) bond motifs is 1. The maximum absolute atomic E-state index is 12.2. The van der Waals surface area contributed by atoms with Gasteiger partial charge in [-0.05, 0) is 35.4 Å². The lowest BCUT2D eigenvalue weighted by Crippen LogP contribution is -2.16. The van der Waals surface area contributed by atoms with E-state index in [0.717, 1.165) is 22.1 Å². The van der Waals surface area contributed by atoms with Gasteiger partial charge in [0.2, 0.25) is 0 Å². The van der Waals surface area contributed by atoms with Crippen molar-refractivity contribution in [3.8, 4) is 5.75 Å². The second-order valence-electron chi connectivity index (χ2n) is 5.66. The quantitative estimate of drug-likeness (QED) is 0.652. The van der Waals surface area contributed by atoms with Gasteiger partial charge in [-0.25, -0.2) is 4.98 Å². The van der Waals surface area contributed by atoms with Gasteiger partial charge in [-0.2, -0.15) is 0 Å². The van der Waals surface area contributed by atoms with E-state index in [1.165, 1.54) is 0 Å². The Kier molecular flexibility index (Phi) is 4.79. The largest absolute Gasteiger partial charge is 0.497 e. The molecular weight excluding hydrogens is 304 g/mol. The van der Waals surface area contributed by atoms with Crippen molar-refractivity contribution in [1.29, 1.82) is 0 Å². The van der Waals surface area contributed by atoms with Crippen LogP contribution in [0.25, 0.3) is 10.8 Å². The lowest BCUT2D eigenvalue weighted by molar-refractivity contribution is -0.145. The Hall–Kier alpha value is -2.82. The number of imidazole rings is 1. The van der Waals surface area contributed by atoms with Gasteiger partial charge in [0.1, 0.15) is 12.4 Å². The minimum absolute atomic E-state index is 0.219. The summed E-state index contributed by atoms with van der Waals surface area (Å²) in [6.45, 7) is 2.81. The van der Waals surface area contributed by atoms with Gasteiger partial charge in [-0.3, -0.25) is 4.79 Å². The number of carbonyl (C=O) groups is 1. The van der Waals surface area contributed by atoms with E-state index in [4.69, 9.17) is 9.47 Å². The standard InChI is InChI=1S/C19H20N2O3/c1-14(19(22)24-10-9-21-8-7-20-13-21)15-3-4-17-12-18(23-2)6-5-16(17)11-15/h3-8,11-14H,9-10H2,1-2H3/t14-/m0/s1. The highest BCUT2D eigenvalue weighted by Crippen LogP contribution is 2.25. The minimum atomic E-state index is -0.306. The summed E-state index contributed by atoms with van der Waals surface area (Å²) < 4.78 is 12.5. The summed E-state index contributed by atoms with van der Waals surface area (Å²) in [5.74, 6) is 0.296. The highest BCUT2D eigenvalue weighted by molar-refractivity contribution is 5.86. The molecular formula is C19H20N2O3. The normalized spacial score (nSPS) is 12.1. The highest BCUT2D eigenvalue weighted by Gasteiger charge is 2.17. The first-order valence-corrected chi connectivity index (χ1v) is 7.87. The summed E-state index contributed by atoms with van der Waals surface area (Å²) in [6, 6.07) is 11.9. The average Bonchev–Trinajstić information content (AvgIpc) is 3.13. The summed E-state index contributed by atoms with van der Waals surface area (Å²) in [5.41, 5.74) is 0.945. The molecule has 3 aromatic rings. The van der Waals surface area contributed by atoms with E-state index < -0.39 is 0 Å². The van der Waals surface area contributed by atoms with Crippen molar-refractivity contribution in [2.45, 2.75) is 19.4 Å². The van der Waals surface area contributed by atoms with Crippen molar-refractivity contribution in [2.75, 3.05) is 13.7 Å². The van der Waals surface area contributed by atoms with Gasteiger partial charge in [0.15, 0.2) is 0 Å². The fourth-order valence-corrected chi connectivity index (χ4v) is 2.57. The summed E-state index contributed by atoms with van der Waals surface area (Å²) in [7, 11) is 1.65. The fourth-order valence-electron chi connectivity index (χ4n) is 2.57. The number of hydrogen-bond acceptors (Lipinski definition) is 4. The molecule has 0 aliphatic heterocycles. The molecule has 0 fully saturated rings. The second-order valence-corrected chi connectivity index (χ2v) is 5.66. The second kappa shape index (κ2) is 7.17. The lowest BCUT2D eigenvalue weighted by Gasteiger charge is -2.13. The number of rotatable bonds is 6. The third kappa shape index (κ3) is 3.56.